The highest BCUT2D eigenvalue weighted by atomic mass is 19.4. The van der Waals surface area contributed by atoms with Gasteiger partial charge in [0.25, 0.3) is 0 Å². The summed E-state index contributed by atoms with van der Waals surface area (Å²) in [4.78, 5) is 13.9. The van der Waals surface area contributed by atoms with Crippen molar-refractivity contribution in [3.8, 4) is 17.5 Å². The Balaban J connectivity index is 2.59. The van der Waals surface area contributed by atoms with Crippen LogP contribution in [0.5, 0.6) is 0 Å². The van der Waals surface area contributed by atoms with Crippen LogP contribution in [0.15, 0.2) is 28.7 Å². The number of hydrogen-bond acceptors (Lipinski definition) is 4. The largest absolute Gasteiger partial charge is 0.475 e. The van der Waals surface area contributed by atoms with E-state index in [1.807, 2.05) is 0 Å². The summed E-state index contributed by atoms with van der Waals surface area (Å²) in [5, 5.41) is 17.4. The molecule has 0 saturated carbocycles. The SMILES string of the molecule is N#Cc1cccc(-c2nc(C(F)(F)F)c(C(=O)O)o2)c1. The summed E-state index contributed by atoms with van der Waals surface area (Å²) in [6, 6.07) is 7.27. The highest BCUT2D eigenvalue weighted by Crippen LogP contribution is 2.34. The smallest absolute Gasteiger partial charge is 0.437 e. The van der Waals surface area contributed by atoms with Gasteiger partial charge in [-0.15, -0.1) is 0 Å². The monoisotopic (exact) mass is 282 g/mol. The fraction of sp³-hybridized carbons (Fsp3) is 0.0833. The molecule has 1 N–H and O–H groups in total. The zero-order valence-corrected chi connectivity index (χ0v) is 9.60. The predicted octanol–water partition coefficient (Wildman–Crippen LogP) is 2.93. The second-order valence-electron chi connectivity index (χ2n) is 3.69. The van der Waals surface area contributed by atoms with Crippen molar-refractivity contribution < 1.29 is 27.5 Å². The molecule has 1 aromatic carbocycles. The summed E-state index contributed by atoms with van der Waals surface area (Å²) in [7, 11) is 0. The molecule has 0 amide bonds. The molecule has 2 aromatic rings. The van der Waals surface area contributed by atoms with Gasteiger partial charge < -0.3 is 9.52 Å². The van der Waals surface area contributed by atoms with Crippen molar-refractivity contribution in [3.63, 3.8) is 0 Å². The standard InChI is InChI=1S/C12H5F3N2O3/c13-12(14,15)9-8(11(18)19)20-10(17-9)7-3-1-2-6(4-7)5-16/h1-4H,(H,18,19). The van der Waals surface area contributed by atoms with Gasteiger partial charge in [0.15, 0.2) is 5.69 Å². The molecule has 0 bridgehead atoms. The molecule has 1 heterocycles. The van der Waals surface area contributed by atoms with E-state index in [9.17, 15) is 18.0 Å². The third-order valence-electron chi connectivity index (χ3n) is 2.33. The van der Waals surface area contributed by atoms with Gasteiger partial charge in [-0.05, 0) is 18.2 Å². The summed E-state index contributed by atoms with van der Waals surface area (Å²) >= 11 is 0. The molecular formula is C12H5F3N2O3. The van der Waals surface area contributed by atoms with Crippen molar-refractivity contribution in [2.45, 2.75) is 6.18 Å². The number of nitrogens with zero attached hydrogens (tertiary/aromatic N) is 2. The highest BCUT2D eigenvalue weighted by molar-refractivity contribution is 5.86. The quantitative estimate of drug-likeness (QED) is 0.914. The van der Waals surface area contributed by atoms with E-state index in [2.05, 4.69) is 9.40 Å². The second kappa shape index (κ2) is 4.70. The minimum Gasteiger partial charge on any atom is -0.475 e. The summed E-state index contributed by atoms with van der Waals surface area (Å²) in [5.41, 5.74) is -1.34. The maximum Gasteiger partial charge on any atom is 0.437 e. The van der Waals surface area contributed by atoms with Crippen LogP contribution in [0.3, 0.4) is 0 Å². The number of carbonyl (C=O) groups is 1. The Morgan fingerprint density at radius 1 is 1.40 bits per heavy atom. The van der Waals surface area contributed by atoms with E-state index in [0.29, 0.717) is 0 Å². The number of oxazole rings is 1. The zero-order valence-electron chi connectivity index (χ0n) is 9.60. The average Bonchev–Trinajstić information content (AvgIpc) is 2.84. The van der Waals surface area contributed by atoms with Crippen LogP contribution in [0.25, 0.3) is 11.5 Å². The number of hydrogen-bond donors (Lipinski definition) is 1. The van der Waals surface area contributed by atoms with E-state index in [1.165, 1.54) is 24.3 Å². The molecule has 0 aliphatic carbocycles. The highest BCUT2D eigenvalue weighted by Gasteiger charge is 2.41. The molecule has 2 rings (SSSR count). The molecule has 0 atom stereocenters. The fourth-order valence-corrected chi connectivity index (χ4v) is 1.50. The molecule has 8 heteroatoms. The molecule has 0 radical (unpaired) electrons. The zero-order chi connectivity index (χ0) is 14.9. The van der Waals surface area contributed by atoms with Crippen LogP contribution in [0, 0.1) is 11.3 Å². The molecule has 0 aliphatic rings. The summed E-state index contributed by atoms with van der Waals surface area (Å²) in [6.07, 6.45) is -4.94. The number of aromatic nitrogens is 1. The lowest BCUT2D eigenvalue weighted by atomic mass is 10.1. The number of aromatic carboxylic acids is 1. The van der Waals surface area contributed by atoms with Crippen LogP contribution in [0.2, 0.25) is 0 Å². The molecule has 0 saturated heterocycles. The van der Waals surface area contributed by atoms with Gasteiger partial charge in [-0.2, -0.15) is 18.4 Å². The van der Waals surface area contributed by atoms with Crippen LogP contribution in [-0.2, 0) is 6.18 Å². The van der Waals surface area contributed by atoms with E-state index < -0.39 is 29.5 Å². The van der Waals surface area contributed by atoms with E-state index in [4.69, 9.17) is 10.4 Å². The molecule has 0 unspecified atom stereocenters. The average molecular weight is 282 g/mol. The van der Waals surface area contributed by atoms with Gasteiger partial charge in [0.05, 0.1) is 11.6 Å². The molecule has 0 aliphatic heterocycles. The molecule has 5 nitrogen and oxygen atoms in total. The van der Waals surface area contributed by atoms with E-state index >= 15 is 0 Å². The van der Waals surface area contributed by atoms with Crippen LogP contribution in [0.1, 0.15) is 21.8 Å². The number of carboxylic acid groups (broad SMARTS) is 1. The summed E-state index contributed by atoms with van der Waals surface area (Å²) in [6.45, 7) is 0. The van der Waals surface area contributed by atoms with Crippen molar-refractivity contribution in [2.24, 2.45) is 0 Å². The van der Waals surface area contributed by atoms with Crippen LogP contribution in [0.4, 0.5) is 13.2 Å². The van der Waals surface area contributed by atoms with Crippen molar-refractivity contribution in [2.75, 3.05) is 0 Å². The van der Waals surface area contributed by atoms with E-state index in [1.54, 1.807) is 6.07 Å². The lowest BCUT2D eigenvalue weighted by Crippen LogP contribution is -2.11. The molecule has 20 heavy (non-hydrogen) atoms. The summed E-state index contributed by atoms with van der Waals surface area (Å²) < 4.78 is 42.6. The Bertz CT molecular complexity index is 713. The van der Waals surface area contributed by atoms with Gasteiger partial charge in [0, 0.05) is 5.56 Å². The molecule has 102 valence electrons. The fourth-order valence-electron chi connectivity index (χ4n) is 1.50. The number of halogens is 3. The van der Waals surface area contributed by atoms with Crippen LogP contribution < -0.4 is 0 Å². The number of alkyl halides is 3. The summed E-state index contributed by atoms with van der Waals surface area (Å²) in [5.74, 6) is -3.66. The van der Waals surface area contributed by atoms with Gasteiger partial charge in [-0.1, -0.05) is 6.07 Å². The number of carboxylic acids is 1. The maximum atomic E-state index is 12.6. The van der Waals surface area contributed by atoms with Gasteiger partial charge in [0.1, 0.15) is 0 Å². The van der Waals surface area contributed by atoms with Crippen LogP contribution >= 0.6 is 0 Å². The van der Waals surface area contributed by atoms with E-state index in [0.717, 1.165) is 0 Å². The Hall–Kier alpha value is -2.82. The van der Waals surface area contributed by atoms with Gasteiger partial charge in [-0.3, -0.25) is 0 Å². The Morgan fingerprint density at radius 3 is 2.60 bits per heavy atom. The normalized spacial score (nSPS) is 11.1. The minimum absolute atomic E-state index is 0.0852. The molecule has 0 spiro atoms. The number of benzene rings is 1. The van der Waals surface area contributed by atoms with Crippen molar-refractivity contribution in [1.82, 2.24) is 4.98 Å². The molecule has 0 fully saturated rings. The van der Waals surface area contributed by atoms with Crippen LogP contribution in [-0.4, -0.2) is 16.1 Å². The third kappa shape index (κ3) is 2.47. The number of nitriles is 1. The number of rotatable bonds is 2. The molecule has 1 aromatic heterocycles. The van der Waals surface area contributed by atoms with Gasteiger partial charge in [-0.25, -0.2) is 9.78 Å². The minimum atomic E-state index is -4.94. The van der Waals surface area contributed by atoms with Crippen molar-refractivity contribution >= 4 is 5.97 Å². The van der Waals surface area contributed by atoms with Crippen molar-refractivity contribution in [1.29, 1.82) is 5.26 Å². The second-order valence-corrected chi connectivity index (χ2v) is 3.69. The lowest BCUT2D eigenvalue weighted by molar-refractivity contribution is -0.141. The van der Waals surface area contributed by atoms with Crippen molar-refractivity contribution in [3.05, 3.63) is 41.3 Å². The first kappa shape index (κ1) is 13.6. The Kier molecular flexibility index (Phi) is 3.19. The topological polar surface area (TPSA) is 87.1 Å². The van der Waals surface area contributed by atoms with E-state index in [-0.39, 0.29) is 11.1 Å². The predicted molar refractivity (Wildman–Crippen MR) is 58.6 cm³/mol. The first-order valence-corrected chi connectivity index (χ1v) is 5.15. The van der Waals surface area contributed by atoms with Gasteiger partial charge in [0.2, 0.25) is 11.7 Å². The van der Waals surface area contributed by atoms with Gasteiger partial charge >= 0.3 is 12.1 Å². The first-order chi connectivity index (χ1) is 9.32. The lowest BCUT2D eigenvalue weighted by Gasteiger charge is -2.00. The third-order valence-corrected chi connectivity index (χ3v) is 2.33. The molecular weight excluding hydrogens is 277 g/mol. The first-order valence-electron chi connectivity index (χ1n) is 5.15. The maximum absolute atomic E-state index is 12.6. The Labute approximate surface area is 109 Å². The Morgan fingerprint density at radius 2 is 2.10 bits per heavy atom.